The van der Waals surface area contributed by atoms with E-state index in [4.69, 9.17) is 4.42 Å². The van der Waals surface area contributed by atoms with Crippen LogP contribution in [0, 0.1) is 13.8 Å². The number of aryl methyl sites for hydroxylation is 2. The lowest BCUT2D eigenvalue weighted by molar-refractivity contribution is 0.295. The molecule has 2 rings (SSSR count). The van der Waals surface area contributed by atoms with Gasteiger partial charge < -0.3 is 14.6 Å². The third kappa shape index (κ3) is 3.77. The number of anilines is 1. The van der Waals surface area contributed by atoms with Crippen molar-refractivity contribution < 1.29 is 4.42 Å². The zero-order valence-electron chi connectivity index (χ0n) is 14.4. The molecule has 0 aliphatic carbocycles. The molecule has 2 heterocycles. The number of furan rings is 1. The van der Waals surface area contributed by atoms with Crippen molar-refractivity contribution >= 4 is 16.9 Å². The highest BCUT2D eigenvalue weighted by Gasteiger charge is 2.15. The monoisotopic (exact) mass is 304 g/mol. The number of fused-ring (bicyclic) bond motifs is 1. The Hall–Kier alpha value is -1.62. The molecule has 0 saturated carbocycles. The van der Waals surface area contributed by atoms with Crippen molar-refractivity contribution in [1.29, 1.82) is 0 Å². The third-order valence-corrected chi connectivity index (χ3v) is 4.35. The van der Waals surface area contributed by atoms with E-state index in [-0.39, 0.29) is 0 Å². The van der Waals surface area contributed by atoms with Crippen LogP contribution in [-0.2, 0) is 0 Å². The van der Waals surface area contributed by atoms with E-state index in [9.17, 15) is 0 Å². The van der Waals surface area contributed by atoms with Crippen molar-refractivity contribution in [2.75, 3.05) is 25.0 Å². The molecule has 22 heavy (non-hydrogen) atoms. The summed E-state index contributed by atoms with van der Waals surface area (Å²) in [5.41, 5.74) is 1.79. The van der Waals surface area contributed by atoms with Gasteiger partial charge >= 0.3 is 0 Å². The number of rotatable bonds is 8. The first-order valence-corrected chi connectivity index (χ1v) is 8.26. The molecule has 122 valence electrons. The van der Waals surface area contributed by atoms with Crippen LogP contribution in [0.5, 0.6) is 0 Å². The number of nitrogens with one attached hydrogen (secondary N) is 1. The zero-order valence-corrected chi connectivity index (χ0v) is 14.4. The van der Waals surface area contributed by atoms with Gasteiger partial charge in [-0.1, -0.05) is 13.8 Å². The van der Waals surface area contributed by atoms with E-state index in [1.165, 1.54) is 6.42 Å². The minimum absolute atomic E-state index is 0.378. The van der Waals surface area contributed by atoms with Crippen LogP contribution in [0.1, 0.15) is 44.9 Å². The van der Waals surface area contributed by atoms with E-state index in [0.29, 0.717) is 11.8 Å². The number of aromatic nitrogens is 2. The Labute approximate surface area is 133 Å². The first-order valence-electron chi connectivity index (χ1n) is 8.26. The lowest BCUT2D eigenvalue weighted by Gasteiger charge is -2.20. The smallest absolute Gasteiger partial charge is 0.231 e. The molecular weight excluding hydrogens is 276 g/mol. The second-order valence-electron chi connectivity index (χ2n) is 5.90. The van der Waals surface area contributed by atoms with Crippen molar-refractivity contribution in [3.05, 3.63) is 17.7 Å². The van der Waals surface area contributed by atoms with Crippen LogP contribution in [0.3, 0.4) is 0 Å². The van der Waals surface area contributed by atoms with Crippen LogP contribution in [0.15, 0.2) is 10.7 Å². The Balaban J connectivity index is 1.98. The van der Waals surface area contributed by atoms with Gasteiger partial charge in [0.1, 0.15) is 17.9 Å². The minimum atomic E-state index is 0.378. The molecule has 0 aromatic carbocycles. The molecule has 0 aliphatic heterocycles. The summed E-state index contributed by atoms with van der Waals surface area (Å²) in [6.07, 6.45) is 3.88. The lowest BCUT2D eigenvalue weighted by atomic mass is 10.1. The summed E-state index contributed by atoms with van der Waals surface area (Å²) in [5, 5.41) is 4.53. The van der Waals surface area contributed by atoms with Gasteiger partial charge in [0, 0.05) is 11.6 Å². The molecule has 0 spiro atoms. The molecule has 2 aromatic heterocycles. The highest BCUT2D eigenvalue weighted by Crippen LogP contribution is 2.28. The average Bonchev–Trinajstić information content (AvgIpc) is 2.80. The summed E-state index contributed by atoms with van der Waals surface area (Å²) < 4.78 is 5.66. The van der Waals surface area contributed by atoms with Crippen LogP contribution in [0.4, 0.5) is 5.82 Å². The second-order valence-corrected chi connectivity index (χ2v) is 5.90. The molecule has 1 atom stereocenters. The average molecular weight is 304 g/mol. The van der Waals surface area contributed by atoms with Crippen LogP contribution in [0.2, 0.25) is 0 Å². The molecule has 0 amide bonds. The summed E-state index contributed by atoms with van der Waals surface area (Å²) in [6, 6.07) is 0.378. The van der Waals surface area contributed by atoms with Gasteiger partial charge in [0.15, 0.2) is 0 Å². The topological polar surface area (TPSA) is 54.2 Å². The summed E-state index contributed by atoms with van der Waals surface area (Å²) in [7, 11) is 0. The number of nitrogens with zero attached hydrogens (tertiary/aromatic N) is 3. The number of hydrogen-bond acceptors (Lipinski definition) is 5. The highest BCUT2D eigenvalue weighted by molar-refractivity contribution is 5.89. The predicted molar refractivity (Wildman–Crippen MR) is 91.4 cm³/mol. The van der Waals surface area contributed by atoms with Gasteiger partial charge in [-0.05, 0) is 53.2 Å². The van der Waals surface area contributed by atoms with Crippen LogP contribution in [-0.4, -0.2) is 40.5 Å². The van der Waals surface area contributed by atoms with Crippen molar-refractivity contribution in [1.82, 2.24) is 14.9 Å². The molecule has 0 fully saturated rings. The zero-order chi connectivity index (χ0) is 16.1. The van der Waals surface area contributed by atoms with Crippen molar-refractivity contribution in [3.8, 4) is 0 Å². The Kier molecular flexibility index (Phi) is 5.77. The number of hydrogen-bond donors (Lipinski definition) is 1. The predicted octanol–water partition coefficient (Wildman–Crippen LogP) is 3.76. The normalized spacial score (nSPS) is 13.0. The first kappa shape index (κ1) is 16.7. The molecule has 1 N–H and O–H groups in total. The molecule has 0 unspecified atom stereocenters. The fourth-order valence-corrected chi connectivity index (χ4v) is 2.76. The van der Waals surface area contributed by atoms with E-state index in [1.54, 1.807) is 6.33 Å². The minimum Gasteiger partial charge on any atom is -0.443 e. The van der Waals surface area contributed by atoms with E-state index in [0.717, 1.165) is 48.6 Å². The molecule has 0 bridgehead atoms. The summed E-state index contributed by atoms with van der Waals surface area (Å²) >= 11 is 0. The van der Waals surface area contributed by atoms with Gasteiger partial charge in [-0.15, -0.1) is 0 Å². The molecule has 5 nitrogen and oxygen atoms in total. The van der Waals surface area contributed by atoms with Crippen molar-refractivity contribution in [3.63, 3.8) is 0 Å². The Bertz CT molecular complexity index is 604. The Morgan fingerprint density at radius 3 is 2.64 bits per heavy atom. The molecule has 0 radical (unpaired) electrons. The lowest BCUT2D eigenvalue weighted by Crippen LogP contribution is -2.25. The maximum absolute atomic E-state index is 5.66. The van der Waals surface area contributed by atoms with Gasteiger partial charge in [-0.25, -0.2) is 9.97 Å². The largest absolute Gasteiger partial charge is 0.443 e. The second kappa shape index (κ2) is 7.58. The van der Waals surface area contributed by atoms with E-state index < -0.39 is 0 Å². The summed E-state index contributed by atoms with van der Waals surface area (Å²) in [4.78, 5) is 11.1. The highest BCUT2D eigenvalue weighted by atomic mass is 16.3. The van der Waals surface area contributed by atoms with Gasteiger partial charge in [-0.2, -0.15) is 0 Å². The quantitative estimate of drug-likeness (QED) is 0.804. The van der Waals surface area contributed by atoms with Crippen LogP contribution in [0.25, 0.3) is 11.1 Å². The molecule has 0 aliphatic rings. The Morgan fingerprint density at radius 2 is 1.95 bits per heavy atom. The summed E-state index contributed by atoms with van der Waals surface area (Å²) in [5.74, 6) is 1.79. The maximum Gasteiger partial charge on any atom is 0.231 e. The molecular formula is C17H28N4O. The molecule has 0 saturated heterocycles. The van der Waals surface area contributed by atoms with Gasteiger partial charge in [0.25, 0.3) is 0 Å². The first-order chi connectivity index (χ1) is 10.6. The van der Waals surface area contributed by atoms with Crippen molar-refractivity contribution in [2.45, 2.75) is 53.5 Å². The fourth-order valence-electron chi connectivity index (χ4n) is 2.76. The Morgan fingerprint density at radius 1 is 1.23 bits per heavy atom. The van der Waals surface area contributed by atoms with Gasteiger partial charge in [0.2, 0.25) is 5.71 Å². The van der Waals surface area contributed by atoms with E-state index >= 15 is 0 Å². The fraction of sp³-hybridized carbons (Fsp3) is 0.647. The van der Waals surface area contributed by atoms with Gasteiger partial charge in [-0.3, -0.25) is 0 Å². The van der Waals surface area contributed by atoms with Crippen LogP contribution < -0.4 is 5.32 Å². The summed E-state index contributed by atoms with van der Waals surface area (Å²) in [6.45, 7) is 14.1. The van der Waals surface area contributed by atoms with Crippen molar-refractivity contribution in [2.24, 2.45) is 0 Å². The van der Waals surface area contributed by atoms with Crippen LogP contribution >= 0.6 is 0 Å². The maximum atomic E-state index is 5.66. The standard InChI is InChI=1S/C17H28N4O/c1-6-21(7-2)10-8-9-12(3)20-16-15-13(4)14(5)22-17(15)19-11-18-16/h11-12H,6-10H2,1-5H3,(H,18,19,20)/t12-/m0/s1. The van der Waals surface area contributed by atoms with Gasteiger partial charge in [0.05, 0.1) is 5.39 Å². The SMILES string of the molecule is CCN(CC)CCC[C@H](C)Nc1ncnc2oc(C)c(C)c12. The van der Waals surface area contributed by atoms with E-state index in [2.05, 4.69) is 47.9 Å². The molecule has 5 heteroatoms. The molecule has 2 aromatic rings. The van der Waals surface area contributed by atoms with E-state index in [1.807, 2.05) is 6.92 Å². The third-order valence-electron chi connectivity index (χ3n) is 4.35.